The Kier molecular flexibility index (Phi) is 4.09. The first-order valence-corrected chi connectivity index (χ1v) is 10.0. The molecule has 2 atom stereocenters. The first kappa shape index (κ1) is 19.7. The molecule has 3 N–H and O–H groups in total. The van der Waals surface area contributed by atoms with Crippen molar-refractivity contribution < 1.29 is 14.3 Å². The lowest BCUT2D eigenvalue weighted by molar-refractivity contribution is -0.0986. The van der Waals surface area contributed by atoms with Crippen molar-refractivity contribution in [2.24, 2.45) is 5.73 Å². The van der Waals surface area contributed by atoms with E-state index in [9.17, 15) is 14.9 Å². The van der Waals surface area contributed by atoms with Gasteiger partial charge in [0.2, 0.25) is 17.2 Å². The molecule has 0 radical (unpaired) electrons. The van der Waals surface area contributed by atoms with Crippen molar-refractivity contribution >= 4 is 29.0 Å². The van der Waals surface area contributed by atoms with Crippen LogP contribution in [0.1, 0.15) is 26.4 Å². The number of fused-ring (bicyclic) bond motifs is 1. The number of aromatic nitrogens is 1. The Bertz CT molecular complexity index is 1290. The normalized spacial score (nSPS) is 25.1. The highest BCUT2D eigenvalue weighted by Crippen LogP contribution is 2.63. The summed E-state index contributed by atoms with van der Waals surface area (Å²) < 4.78 is 6.14. The SMILES string of the molecule is C=CCN1C(=S)N(NC(=O)c2ccccn2)[C@]23C(=O)c4ccccc4[C@]12OC(N)=C3C#N. The standard InChI is InChI=1S/C22H16N6O3S/c1-2-11-27-20(32)28(26-19(30)16-9-5-6-10-25-16)21-15(12-23)18(24)31-22(21,27)14-8-4-3-7-13(14)17(21)29/h2-10H,1,11,24H2,(H,26,30)/t21-,22-/m1/s1. The molecule has 9 nitrogen and oxygen atoms in total. The Balaban J connectivity index is 1.77. The molecule has 0 spiro atoms. The summed E-state index contributed by atoms with van der Waals surface area (Å²) in [5.41, 5.74) is 6.23. The summed E-state index contributed by atoms with van der Waals surface area (Å²) >= 11 is 5.68. The van der Waals surface area contributed by atoms with E-state index in [0.29, 0.717) is 11.1 Å². The van der Waals surface area contributed by atoms with Crippen LogP contribution in [0, 0.1) is 11.3 Å². The number of pyridine rings is 1. The number of nitrogens with two attached hydrogens (primary N) is 1. The number of ether oxygens (including phenoxy) is 1. The van der Waals surface area contributed by atoms with Gasteiger partial charge in [0.25, 0.3) is 11.6 Å². The van der Waals surface area contributed by atoms with Gasteiger partial charge in [-0.3, -0.25) is 24.9 Å². The van der Waals surface area contributed by atoms with Gasteiger partial charge in [-0.1, -0.05) is 36.4 Å². The van der Waals surface area contributed by atoms with Crippen LogP contribution in [0.5, 0.6) is 0 Å². The molecule has 0 unspecified atom stereocenters. The predicted octanol–water partition coefficient (Wildman–Crippen LogP) is 1.33. The molecule has 3 heterocycles. The van der Waals surface area contributed by atoms with Crippen molar-refractivity contribution in [3.63, 3.8) is 0 Å². The molecule has 3 aliphatic rings. The van der Waals surface area contributed by atoms with E-state index >= 15 is 0 Å². The predicted molar refractivity (Wildman–Crippen MR) is 116 cm³/mol. The van der Waals surface area contributed by atoms with Crippen molar-refractivity contribution in [1.29, 1.82) is 5.26 Å². The van der Waals surface area contributed by atoms with Crippen LogP contribution < -0.4 is 11.2 Å². The average Bonchev–Trinajstić information content (AvgIpc) is 3.28. The summed E-state index contributed by atoms with van der Waals surface area (Å²) in [6, 6.07) is 13.7. The van der Waals surface area contributed by atoms with Gasteiger partial charge < -0.3 is 10.5 Å². The van der Waals surface area contributed by atoms with Crippen molar-refractivity contribution in [2.75, 3.05) is 6.54 Å². The van der Waals surface area contributed by atoms with E-state index in [-0.39, 0.29) is 28.8 Å². The number of hydrogen-bond donors (Lipinski definition) is 2. The molecule has 1 saturated heterocycles. The highest BCUT2D eigenvalue weighted by Gasteiger charge is 2.82. The second kappa shape index (κ2) is 6.63. The van der Waals surface area contributed by atoms with Crippen LogP contribution in [0.15, 0.2) is 72.8 Å². The Morgan fingerprint density at radius 3 is 2.78 bits per heavy atom. The summed E-state index contributed by atoms with van der Waals surface area (Å²) in [5.74, 6) is -1.27. The lowest BCUT2D eigenvalue weighted by Gasteiger charge is -2.38. The summed E-state index contributed by atoms with van der Waals surface area (Å²) in [4.78, 5) is 32.7. The maximum atomic E-state index is 14.0. The number of nitriles is 1. The van der Waals surface area contributed by atoms with Crippen LogP contribution in [0.4, 0.5) is 0 Å². The minimum atomic E-state index is -1.83. The number of nitrogens with one attached hydrogen (secondary N) is 1. The van der Waals surface area contributed by atoms with Gasteiger partial charge in [-0.05, 0) is 24.4 Å². The third kappa shape index (κ3) is 2.05. The molecule has 32 heavy (non-hydrogen) atoms. The van der Waals surface area contributed by atoms with Crippen LogP contribution in [-0.4, -0.2) is 43.8 Å². The van der Waals surface area contributed by atoms with E-state index in [4.69, 9.17) is 22.7 Å². The van der Waals surface area contributed by atoms with Crippen molar-refractivity contribution in [3.8, 4) is 6.07 Å². The number of thiocarbonyl (C=S) groups is 1. The monoisotopic (exact) mass is 444 g/mol. The van der Waals surface area contributed by atoms with E-state index < -0.39 is 23.0 Å². The fraction of sp³-hybridized carbons (Fsp3) is 0.136. The molecule has 0 bridgehead atoms. The number of Topliss-reactive ketones (excluding diaryl/α,β-unsaturated/α-hetero) is 1. The summed E-state index contributed by atoms with van der Waals surface area (Å²) in [5, 5.41) is 11.3. The van der Waals surface area contributed by atoms with Crippen molar-refractivity contribution in [3.05, 3.63) is 89.6 Å². The number of ketones is 1. The number of nitrogens with zero attached hydrogens (tertiary/aromatic N) is 4. The topological polar surface area (TPSA) is 125 Å². The number of hydrogen-bond acceptors (Lipinski definition) is 7. The number of amides is 1. The van der Waals surface area contributed by atoms with Gasteiger partial charge in [0.15, 0.2) is 5.11 Å². The first-order valence-electron chi connectivity index (χ1n) is 9.63. The Morgan fingerprint density at radius 1 is 1.34 bits per heavy atom. The zero-order chi connectivity index (χ0) is 22.7. The van der Waals surface area contributed by atoms with E-state index in [1.54, 1.807) is 47.4 Å². The van der Waals surface area contributed by atoms with Gasteiger partial charge in [-0.15, -0.1) is 6.58 Å². The molecular formula is C22H16N6O3S. The van der Waals surface area contributed by atoms with Crippen LogP contribution in [0.25, 0.3) is 0 Å². The number of hydrazine groups is 1. The minimum absolute atomic E-state index is 0.0808. The number of rotatable bonds is 4. The maximum absolute atomic E-state index is 14.0. The lowest BCUT2D eigenvalue weighted by Crippen LogP contribution is -2.63. The Morgan fingerprint density at radius 2 is 2.09 bits per heavy atom. The fourth-order valence-electron chi connectivity index (χ4n) is 4.74. The van der Waals surface area contributed by atoms with E-state index in [1.165, 1.54) is 17.3 Å². The van der Waals surface area contributed by atoms with E-state index in [1.807, 2.05) is 6.07 Å². The molecule has 1 fully saturated rings. The Hall–Kier alpha value is -4.23. The lowest BCUT2D eigenvalue weighted by atomic mass is 9.81. The molecular weight excluding hydrogens is 428 g/mol. The number of carbonyl (C=O) groups excluding carboxylic acids is 2. The van der Waals surface area contributed by atoms with Crippen molar-refractivity contribution in [1.82, 2.24) is 20.3 Å². The third-order valence-electron chi connectivity index (χ3n) is 5.89. The molecule has 5 rings (SSSR count). The third-order valence-corrected chi connectivity index (χ3v) is 6.30. The van der Waals surface area contributed by atoms with Crippen LogP contribution in [0.3, 0.4) is 0 Å². The number of benzene rings is 1. The van der Waals surface area contributed by atoms with Gasteiger partial charge in [-0.25, -0.2) is 5.01 Å². The second-order valence-electron chi connectivity index (χ2n) is 7.36. The molecule has 10 heteroatoms. The molecule has 1 aromatic carbocycles. The Labute approximate surface area is 188 Å². The van der Waals surface area contributed by atoms with E-state index in [0.717, 1.165) is 0 Å². The average molecular weight is 444 g/mol. The molecule has 1 amide bonds. The highest BCUT2D eigenvalue weighted by atomic mass is 32.1. The molecule has 158 valence electrons. The first-order chi connectivity index (χ1) is 15.4. The summed E-state index contributed by atoms with van der Waals surface area (Å²) in [7, 11) is 0. The highest BCUT2D eigenvalue weighted by molar-refractivity contribution is 7.80. The van der Waals surface area contributed by atoms with Crippen LogP contribution in [0.2, 0.25) is 0 Å². The van der Waals surface area contributed by atoms with Gasteiger partial charge in [0.05, 0.1) is 0 Å². The van der Waals surface area contributed by atoms with Crippen molar-refractivity contribution in [2.45, 2.75) is 11.3 Å². The van der Waals surface area contributed by atoms with Gasteiger partial charge >= 0.3 is 0 Å². The number of carbonyl (C=O) groups is 2. The molecule has 2 aliphatic heterocycles. The molecule has 2 aromatic rings. The van der Waals surface area contributed by atoms with Gasteiger partial charge in [0, 0.05) is 23.9 Å². The van der Waals surface area contributed by atoms with Gasteiger partial charge in [-0.2, -0.15) is 5.26 Å². The minimum Gasteiger partial charge on any atom is -0.444 e. The van der Waals surface area contributed by atoms with Crippen LogP contribution in [-0.2, 0) is 10.5 Å². The second-order valence-corrected chi connectivity index (χ2v) is 7.72. The van der Waals surface area contributed by atoms with E-state index in [2.05, 4.69) is 17.0 Å². The molecule has 1 aromatic heterocycles. The largest absolute Gasteiger partial charge is 0.444 e. The maximum Gasteiger partial charge on any atom is 0.288 e. The molecule has 0 saturated carbocycles. The van der Waals surface area contributed by atoms with Gasteiger partial charge in [0.1, 0.15) is 17.3 Å². The fourth-order valence-corrected chi connectivity index (χ4v) is 5.13. The smallest absolute Gasteiger partial charge is 0.288 e. The zero-order valence-corrected chi connectivity index (χ0v) is 17.4. The summed E-state index contributed by atoms with van der Waals surface area (Å²) in [6.45, 7) is 3.95. The quantitative estimate of drug-likeness (QED) is 0.531. The molecule has 1 aliphatic carbocycles. The summed E-state index contributed by atoms with van der Waals surface area (Å²) in [6.07, 6.45) is 3.06. The van der Waals surface area contributed by atoms with Crippen LogP contribution >= 0.6 is 12.2 Å². The zero-order valence-electron chi connectivity index (χ0n) is 16.6.